The summed E-state index contributed by atoms with van der Waals surface area (Å²) in [5, 5.41) is 13.0. The molecule has 1 fully saturated rings. The fraction of sp³-hybridized carbons (Fsp3) is 0.647. The molecule has 2 N–H and O–H groups in total. The van der Waals surface area contributed by atoms with E-state index in [1.807, 2.05) is 0 Å². The molecule has 1 aromatic rings. The molecule has 1 saturated heterocycles. The van der Waals surface area contributed by atoms with E-state index >= 15 is 0 Å². The van der Waals surface area contributed by atoms with Crippen molar-refractivity contribution in [2.24, 2.45) is 5.92 Å². The van der Waals surface area contributed by atoms with Crippen LogP contribution in [0.1, 0.15) is 38.7 Å². The van der Waals surface area contributed by atoms with Crippen molar-refractivity contribution >= 4 is 5.69 Å². The van der Waals surface area contributed by atoms with Crippen molar-refractivity contribution in [3.8, 4) is 0 Å². The highest BCUT2D eigenvalue weighted by Gasteiger charge is 2.21. The molecular formula is C17H28N2O. The molecule has 0 aliphatic carbocycles. The van der Waals surface area contributed by atoms with E-state index in [1.165, 1.54) is 24.1 Å². The maximum Gasteiger partial charge on any atom is 0.0635 e. The minimum absolute atomic E-state index is 0.262. The first kappa shape index (κ1) is 15.3. The molecule has 0 radical (unpaired) electrons. The van der Waals surface area contributed by atoms with Gasteiger partial charge in [0, 0.05) is 18.8 Å². The van der Waals surface area contributed by atoms with E-state index in [1.54, 1.807) is 0 Å². The lowest BCUT2D eigenvalue weighted by molar-refractivity contribution is 0.240. The van der Waals surface area contributed by atoms with E-state index in [9.17, 15) is 5.11 Å². The minimum Gasteiger partial charge on any atom is -0.394 e. The molecule has 3 heteroatoms. The van der Waals surface area contributed by atoms with Crippen molar-refractivity contribution in [2.45, 2.75) is 45.7 Å². The summed E-state index contributed by atoms with van der Waals surface area (Å²) in [4.78, 5) is 2.36. The smallest absolute Gasteiger partial charge is 0.0635 e. The monoisotopic (exact) mass is 276 g/mol. The van der Waals surface area contributed by atoms with Gasteiger partial charge in [0.25, 0.3) is 0 Å². The summed E-state index contributed by atoms with van der Waals surface area (Å²) in [6.45, 7) is 7.76. The number of hydrogen-bond acceptors (Lipinski definition) is 3. The minimum atomic E-state index is 0.262. The van der Waals surface area contributed by atoms with Gasteiger partial charge in [-0.25, -0.2) is 0 Å². The molecule has 1 aromatic carbocycles. The highest BCUT2D eigenvalue weighted by molar-refractivity contribution is 5.49. The molecule has 1 aliphatic heterocycles. The zero-order valence-electron chi connectivity index (χ0n) is 12.8. The van der Waals surface area contributed by atoms with Crippen LogP contribution in [0.2, 0.25) is 0 Å². The van der Waals surface area contributed by atoms with Gasteiger partial charge in [0.15, 0.2) is 0 Å². The largest absolute Gasteiger partial charge is 0.394 e. The maximum atomic E-state index is 9.49. The van der Waals surface area contributed by atoms with E-state index in [2.05, 4.69) is 48.3 Å². The first-order valence-electron chi connectivity index (χ1n) is 7.88. The third-order valence-electron chi connectivity index (χ3n) is 3.99. The zero-order valence-corrected chi connectivity index (χ0v) is 12.8. The predicted molar refractivity (Wildman–Crippen MR) is 85.1 cm³/mol. The SMILES string of the molecule is CC(C)CNCc1ccc(N2CCCCC2CO)cc1. The highest BCUT2D eigenvalue weighted by Crippen LogP contribution is 2.24. The molecule has 0 spiro atoms. The molecule has 112 valence electrons. The number of nitrogens with one attached hydrogen (secondary N) is 1. The summed E-state index contributed by atoms with van der Waals surface area (Å²) in [6, 6.07) is 9.09. The van der Waals surface area contributed by atoms with E-state index in [-0.39, 0.29) is 6.61 Å². The van der Waals surface area contributed by atoms with Crippen LogP contribution in [0.3, 0.4) is 0 Å². The lowest BCUT2D eigenvalue weighted by Crippen LogP contribution is -2.41. The van der Waals surface area contributed by atoms with Gasteiger partial charge in [0.05, 0.1) is 12.6 Å². The van der Waals surface area contributed by atoms with Crippen LogP contribution in [-0.4, -0.2) is 30.8 Å². The van der Waals surface area contributed by atoms with E-state index in [4.69, 9.17) is 0 Å². The number of benzene rings is 1. The Kier molecular flexibility index (Phi) is 5.86. The fourth-order valence-electron chi connectivity index (χ4n) is 2.84. The number of nitrogens with zero attached hydrogens (tertiary/aromatic N) is 1. The van der Waals surface area contributed by atoms with Crippen LogP contribution in [0.5, 0.6) is 0 Å². The van der Waals surface area contributed by atoms with Crippen molar-refractivity contribution < 1.29 is 5.11 Å². The molecule has 3 nitrogen and oxygen atoms in total. The standard InChI is InChI=1S/C17H28N2O/c1-14(2)11-18-12-15-6-8-16(9-7-15)19-10-4-3-5-17(19)13-20/h6-9,14,17-18,20H,3-5,10-13H2,1-2H3. The average molecular weight is 276 g/mol. The predicted octanol–water partition coefficient (Wildman–Crippen LogP) is 2.78. The third kappa shape index (κ3) is 4.22. The van der Waals surface area contributed by atoms with Crippen LogP contribution >= 0.6 is 0 Å². The van der Waals surface area contributed by atoms with Crippen LogP contribution in [0.15, 0.2) is 24.3 Å². The zero-order chi connectivity index (χ0) is 14.4. The topological polar surface area (TPSA) is 35.5 Å². The lowest BCUT2D eigenvalue weighted by Gasteiger charge is -2.36. The summed E-state index contributed by atoms with van der Waals surface area (Å²) in [6.07, 6.45) is 3.57. The van der Waals surface area contributed by atoms with Gasteiger partial charge in [-0.2, -0.15) is 0 Å². The Morgan fingerprint density at radius 2 is 2.00 bits per heavy atom. The molecule has 1 aliphatic rings. The second kappa shape index (κ2) is 7.65. The molecule has 1 atom stereocenters. The quantitative estimate of drug-likeness (QED) is 0.838. The molecule has 0 amide bonds. The summed E-state index contributed by atoms with van der Waals surface area (Å²) in [5.74, 6) is 0.688. The second-order valence-corrected chi connectivity index (χ2v) is 6.22. The number of aliphatic hydroxyl groups is 1. The number of rotatable bonds is 6. The third-order valence-corrected chi connectivity index (χ3v) is 3.99. The van der Waals surface area contributed by atoms with Gasteiger partial charge in [-0.15, -0.1) is 0 Å². The Labute approximate surface area is 123 Å². The lowest BCUT2D eigenvalue weighted by atomic mass is 10.0. The molecular weight excluding hydrogens is 248 g/mol. The Morgan fingerprint density at radius 1 is 1.25 bits per heavy atom. The number of anilines is 1. The Balaban J connectivity index is 1.93. The number of hydrogen-bond donors (Lipinski definition) is 2. The van der Waals surface area contributed by atoms with Gasteiger partial charge in [0.2, 0.25) is 0 Å². The molecule has 1 unspecified atom stereocenters. The van der Waals surface area contributed by atoms with E-state index < -0.39 is 0 Å². The summed E-state index contributed by atoms with van der Waals surface area (Å²) < 4.78 is 0. The average Bonchev–Trinajstić information content (AvgIpc) is 2.47. The summed E-state index contributed by atoms with van der Waals surface area (Å²) in [7, 11) is 0. The van der Waals surface area contributed by atoms with Crippen molar-refractivity contribution in [3.05, 3.63) is 29.8 Å². The van der Waals surface area contributed by atoms with Gasteiger partial charge in [-0.05, 0) is 49.4 Å². The molecule has 1 heterocycles. The first-order valence-corrected chi connectivity index (χ1v) is 7.88. The Bertz CT molecular complexity index is 388. The van der Waals surface area contributed by atoms with Gasteiger partial charge in [-0.1, -0.05) is 26.0 Å². The van der Waals surface area contributed by atoms with E-state index in [0.717, 1.165) is 26.1 Å². The summed E-state index contributed by atoms with van der Waals surface area (Å²) >= 11 is 0. The van der Waals surface area contributed by atoms with Crippen LogP contribution in [0.25, 0.3) is 0 Å². The number of piperidine rings is 1. The second-order valence-electron chi connectivity index (χ2n) is 6.22. The Morgan fingerprint density at radius 3 is 2.65 bits per heavy atom. The van der Waals surface area contributed by atoms with Gasteiger partial charge in [0.1, 0.15) is 0 Å². The fourth-order valence-corrected chi connectivity index (χ4v) is 2.84. The number of aliphatic hydroxyl groups excluding tert-OH is 1. The van der Waals surface area contributed by atoms with Gasteiger partial charge in [-0.3, -0.25) is 0 Å². The maximum absolute atomic E-state index is 9.49. The summed E-state index contributed by atoms with van der Waals surface area (Å²) in [5.41, 5.74) is 2.57. The van der Waals surface area contributed by atoms with E-state index in [0.29, 0.717) is 12.0 Å². The van der Waals surface area contributed by atoms with Gasteiger partial charge < -0.3 is 15.3 Å². The van der Waals surface area contributed by atoms with Crippen LogP contribution in [-0.2, 0) is 6.54 Å². The van der Waals surface area contributed by atoms with Crippen molar-refractivity contribution in [1.29, 1.82) is 0 Å². The first-order chi connectivity index (χ1) is 9.70. The molecule has 2 rings (SSSR count). The normalized spacial score (nSPS) is 19.6. The highest BCUT2D eigenvalue weighted by atomic mass is 16.3. The Hall–Kier alpha value is -1.06. The molecule has 0 aromatic heterocycles. The van der Waals surface area contributed by atoms with Crippen molar-refractivity contribution in [1.82, 2.24) is 5.32 Å². The molecule has 0 saturated carbocycles. The van der Waals surface area contributed by atoms with Gasteiger partial charge >= 0.3 is 0 Å². The van der Waals surface area contributed by atoms with Crippen molar-refractivity contribution in [2.75, 3.05) is 24.6 Å². The molecule has 0 bridgehead atoms. The molecule has 20 heavy (non-hydrogen) atoms. The van der Waals surface area contributed by atoms with Crippen LogP contribution in [0, 0.1) is 5.92 Å². The van der Waals surface area contributed by atoms with Crippen LogP contribution < -0.4 is 10.2 Å². The van der Waals surface area contributed by atoms with Crippen molar-refractivity contribution in [3.63, 3.8) is 0 Å². The van der Waals surface area contributed by atoms with Crippen LogP contribution in [0.4, 0.5) is 5.69 Å².